The van der Waals surface area contributed by atoms with Crippen LogP contribution in [0, 0.1) is 13.8 Å². The Labute approximate surface area is 128 Å². The maximum absolute atomic E-state index is 13.1. The van der Waals surface area contributed by atoms with Gasteiger partial charge in [0.1, 0.15) is 0 Å². The summed E-state index contributed by atoms with van der Waals surface area (Å²) >= 11 is 7.93. The Bertz CT molecular complexity index is 659. The minimum absolute atomic E-state index is 0.000625. The molecule has 2 nitrogen and oxygen atoms in total. The van der Waals surface area contributed by atoms with Crippen LogP contribution in [0.4, 0.5) is 8.78 Å². The van der Waals surface area contributed by atoms with Gasteiger partial charge in [-0.15, -0.1) is 0 Å². The molecule has 0 amide bonds. The second-order valence-corrected chi connectivity index (χ2v) is 5.86. The topological polar surface area (TPSA) is 22.0 Å². The molecular weight excluding hydrogens is 352 g/mol. The fraction of sp³-hybridized carbons (Fsp3) is 0.214. The zero-order chi connectivity index (χ0) is 15.1. The Balaban J connectivity index is 2.55. The molecule has 0 spiro atoms. The van der Waals surface area contributed by atoms with E-state index < -0.39 is 10.6 Å². The summed E-state index contributed by atoms with van der Waals surface area (Å²) in [5, 5.41) is 0.583. The van der Waals surface area contributed by atoms with Crippen LogP contribution in [0.5, 0.6) is 0 Å². The van der Waals surface area contributed by atoms with Crippen molar-refractivity contribution in [3.63, 3.8) is 0 Å². The van der Waals surface area contributed by atoms with Crippen molar-refractivity contribution in [2.45, 2.75) is 18.7 Å². The molecule has 20 heavy (non-hydrogen) atoms. The van der Waals surface area contributed by atoms with Crippen molar-refractivity contribution >= 4 is 33.3 Å². The summed E-state index contributed by atoms with van der Waals surface area (Å²) in [6.45, 7) is 3.39. The van der Waals surface area contributed by atoms with Crippen molar-refractivity contribution in [3.05, 3.63) is 52.3 Å². The number of halogens is 4. The smallest absolute Gasteiger partial charge is 0.318 e. The summed E-state index contributed by atoms with van der Waals surface area (Å²) in [6, 6.07) is 8.40. The second kappa shape index (κ2) is 5.30. The molecule has 0 N–H and O–H groups in total. The molecular formula is C14H11BrClF2NO. The maximum atomic E-state index is 13.1. The van der Waals surface area contributed by atoms with Gasteiger partial charge >= 0.3 is 4.83 Å². The van der Waals surface area contributed by atoms with Gasteiger partial charge in [-0.05, 0) is 60.1 Å². The largest absolute Gasteiger partial charge is 0.363 e. The van der Waals surface area contributed by atoms with Crippen molar-refractivity contribution in [2.75, 3.05) is 0 Å². The number of carbonyl (C=O) groups excluding carboxylic acids is 1. The number of nitrogens with zero attached hydrogens (tertiary/aromatic N) is 1. The van der Waals surface area contributed by atoms with Gasteiger partial charge in [0, 0.05) is 27.7 Å². The van der Waals surface area contributed by atoms with Crippen LogP contribution in [0.3, 0.4) is 0 Å². The zero-order valence-corrected chi connectivity index (χ0v) is 13.1. The highest BCUT2D eigenvalue weighted by Gasteiger charge is 2.37. The normalized spacial score (nSPS) is 11.7. The molecule has 0 saturated carbocycles. The van der Waals surface area contributed by atoms with Crippen molar-refractivity contribution < 1.29 is 13.6 Å². The highest BCUT2D eigenvalue weighted by atomic mass is 79.9. The van der Waals surface area contributed by atoms with Crippen LogP contribution in [-0.4, -0.2) is 15.2 Å². The third-order valence-electron chi connectivity index (χ3n) is 3.02. The first-order valence-electron chi connectivity index (χ1n) is 5.78. The van der Waals surface area contributed by atoms with Crippen LogP contribution in [0.2, 0.25) is 5.02 Å². The van der Waals surface area contributed by atoms with Crippen LogP contribution >= 0.6 is 27.5 Å². The third-order valence-corrected chi connectivity index (χ3v) is 3.63. The molecule has 106 valence electrons. The van der Waals surface area contributed by atoms with Crippen molar-refractivity contribution in [1.82, 2.24) is 4.57 Å². The molecule has 1 aromatic carbocycles. The fourth-order valence-electron chi connectivity index (χ4n) is 2.13. The summed E-state index contributed by atoms with van der Waals surface area (Å²) < 4.78 is 28.0. The molecule has 0 saturated heterocycles. The highest BCUT2D eigenvalue weighted by molar-refractivity contribution is 9.10. The number of carbonyl (C=O) groups is 1. The van der Waals surface area contributed by atoms with Crippen LogP contribution < -0.4 is 0 Å². The first-order valence-corrected chi connectivity index (χ1v) is 6.95. The van der Waals surface area contributed by atoms with Gasteiger partial charge in [-0.2, -0.15) is 8.78 Å². The summed E-state index contributed by atoms with van der Waals surface area (Å²) in [4.78, 5) is 8.15. The molecule has 1 heterocycles. The standard InChI is InChI=1S/C14H11BrClF2NO/c1-8-7-12(13(20)14(15,17)18)9(2)19(8)11-5-3-10(16)4-6-11/h3-7H,1-2H3. The number of hydrogen-bond donors (Lipinski definition) is 0. The first kappa shape index (κ1) is 15.2. The lowest BCUT2D eigenvalue weighted by molar-refractivity contribution is 0.0592. The molecule has 0 aliphatic rings. The fourth-order valence-corrected chi connectivity index (χ4v) is 2.47. The highest BCUT2D eigenvalue weighted by Crippen LogP contribution is 2.30. The molecule has 2 aromatic rings. The number of Topliss-reactive ketones (excluding diaryl/α,β-unsaturated/α-hetero) is 1. The second-order valence-electron chi connectivity index (χ2n) is 4.42. The molecule has 0 unspecified atom stereocenters. The van der Waals surface area contributed by atoms with E-state index in [-0.39, 0.29) is 5.56 Å². The van der Waals surface area contributed by atoms with Gasteiger partial charge in [-0.25, -0.2) is 0 Å². The number of ketones is 1. The van der Waals surface area contributed by atoms with Gasteiger partial charge in [0.2, 0.25) is 5.78 Å². The van der Waals surface area contributed by atoms with Gasteiger partial charge in [0.25, 0.3) is 0 Å². The lowest BCUT2D eigenvalue weighted by Gasteiger charge is -2.11. The van der Waals surface area contributed by atoms with E-state index in [9.17, 15) is 13.6 Å². The summed E-state index contributed by atoms with van der Waals surface area (Å²) in [7, 11) is 0. The van der Waals surface area contributed by atoms with Gasteiger partial charge < -0.3 is 4.57 Å². The molecule has 2 rings (SSSR count). The molecule has 0 radical (unpaired) electrons. The van der Waals surface area contributed by atoms with E-state index in [1.54, 1.807) is 42.7 Å². The number of aromatic nitrogens is 1. The zero-order valence-electron chi connectivity index (χ0n) is 10.8. The monoisotopic (exact) mass is 361 g/mol. The Morgan fingerprint density at radius 2 is 1.80 bits per heavy atom. The van der Waals surface area contributed by atoms with Gasteiger partial charge in [-0.1, -0.05) is 11.6 Å². The number of rotatable bonds is 3. The summed E-state index contributed by atoms with van der Waals surface area (Å²) in [6.07, 6.45) is 0. The molecule has 0 bridgehead atoms. The molecule has 0 fully saturated rings. The summed E-state index contributed by atoms with van der Waals surface area (Å²) in [5.74, 6) is -1.24. The van der Waals surface area contributed by atoms with Crippen molar-refractivity contribution in [1.29, 1.82) is 0 Å². The van der Waals surface area contributed by atoms with Crippen LogP contribution in [0.15, 0.2) is 30.3 Å². The molecule has 0 atom stereocenters. The van der Waals surface area contributed by atoms with E-state index >= 15 is 0 Å². The average Bonchev–Trinajstić information content (AvgIpc) is 2.64. The quantitative estimate of drug-likeness (QED) is 0.561. The molecule has 6 heteroatoms. The molecule has 1 aromatic heterocycles. The maximum Gasteiger partial charge on any atom is 0.363 e. The average molecular weight is 363 g/mol. The van der Waals surface area contributed by atoms with E-state index in [4.69, 9.17) is 11.6 Å². The van der Waals surface area contributed by atoms with E-state index in [1.807, 2.05) is 0 Å². The number of benzene rings is 1. The van der Waals surface area contributed by atoms with Gasteiger partial charge in [-0.3, -0.25) is 4.79 Å². The van der Waals surface area contributed by atoms with Crippen molar-refractivity contribution in [3.8, 4) is 5.69 Å². The third kappa shape index (κ3) is 2.79. The van der Waals surface area contributed by atoms with Gasteiger partial charge in [0.15, 0.2) is 0 Å². The van der Waals surface area contributed by atoms with E-state index in [1.165, 1.54) is 6.07 Å². The van der Waals surface area contributed by atoms with Gasteiger partial charge in [0.05, 0.1) is 0 Å². The Hall–Kier alpha value is -1.20. The molecule has 0 aliphatic carbocycles. The predicted octanol–water partition coefficient (Wildman–Crippen LogP) is 4.92. The number of aryl methyl sites for hydroxylation is 1. The van der Waals surface area contributed by atoms with Crippen LogP contribution in [0.25, 0.3) is 5.69 Å². The van der Waals surface area contributed by atoms with Crippen LogP contribution in [0.1, 0.15) is 21.7 Å². The van der Waals surface area contributed by atoms with E-state index in [0.29, 0.717) is 16.4 Å². The Morgan fingerprint density at radius 3 is 2.30 bits per heavy atom. The predicted molar refractivity (Wildman–Crippen MR) is 78.5 cm³/mol. The number of hydrogen-bond acceptors (Lipinski definition) is 1. The van der Waals surface area contributed by atoms with E-state index in [0.717, 1.165) is 5.69 Å². The summed E-state index contributed by atoms with van der Waals surface area (Å²) in [5.41, 5.74) is 1.93. The molecule has 0 aliphatic heterocycles. The number of alkyl halides is 3. The Morgan fingerprint density at radius 1 is 1.25 bits per heavy atom. The van der Waals surface area contributed by atoms with E-state index in [2.05, 4.69) is 15.9 Å². The lowest BCUT2D eigenvalue weighted by Crippen LogP contribution is -2.21. The minimum Gasteiger partial charge on any atom is -0.318 e. The lowest BCUT2D eigenvalue weighted by atomic mass is 10.1. The minimum atomic E-state index is -3.56. The van der Waals surface area contributed by atoms with Crippen LogP contribution in [-0.2, 0) is 0 Å². The first-order chi connectivity index (χ1) is 9.21. The SMILES string of the molecule is Cc1cc(C(=O)C(F)(F)Br)c(C)n1-c1ccc(Cl)cc1. The van der Waals surface area contributed by atoms with Crippen molar-refractivity contribution in [2.24, 2.45) is 0 Å². The Kier molecular flexibility index (Phi) is 4.02.